The molecule has 1 heterocycles. The van der Waals surface area contributed by atoms with Gasteiger partial charge in [0, 0.05) is 6.42 Å². The molecule has 2 aromatic rings. The van der Waals surface area contributed by atoms with Gasteiger partial charge in [-0.1, -0.05) is 6.07 Å². The van der Waals surface area contributed by atoms with Gasteiger partial charge in [-0.2, -0.15) is 5.10 Å². The fourth-order valence-corrected chi connectivity index (χ4v) is 1.59. The van der Waals surface area contributed by atoms with Crippen LogP contribution >= 0.6 is 0 Å². The maximum absolute atomic E-state index is 11.7. The molecule has 0 saturated carbocycles. The molecule has 0 atom stereocenters. The number of hydrogen-bond donors (Lipinski definition) is 3. The van der Waals surface area contributed by atoms with E-state index in [0.717, 1.165) is 0 Å². The number of aromatic nitrogens is 3. The van der Waals surface area contributed by atoms with Gasteiger partial charge in [-0.15, -0.1) is 0 Å². The summed E-state index contributed by atoms with van der Waals surface area (Å²) in [5.74, 6) is -2.09. The van der Waals surface area contributed by atoms with Crippen LogP contribution in [0.1, 0.15) is 16.8 Å². The first kappa shape index (κ1) is 13.5. The second kappa shape index (κ2) is 5.83. The van der Waals surface area contributed by atoms with Gasteiger partial charge >= 0.3 is 5.97 Å². The van der Waals surface area contributed by atoms with E-state index in [9.17, 15) is 14.7 Å². The maximum Gasteiger partial charge on any atom is 0.339 e. The topological polar surface area (TPSA) is 117 Å². The number of benzene rings is 1. The van der Waals surface area contributed by atoms with Crippen molar-refractivity contribution in [2.75, 3.05) is 5.32 Å². The molecular formula is C12H12N4O4. The van der Waals surface area contributed by atoms with Crippen LogP contribution in [-0.2, 0) is 11.3 Å². The lowest BCUT2D eigenvalue weighted by molar-refractivity contribution is -0.116. The Labute approximate surface area is 113 Å². The standard InChI is InChI=1S/C12H12N4O4/c17-10(4-5-16-7-13-6-14-16)15-9-3-1-2-8(11(9)18)12(19)20/h1-3,6-7,18H,4-5H2,(H,15,17)(H,19,20). The molecule has 0 bridgehead atoms. The van der Waals surface area contributed by atoms with Crippen LogP contribution in [0.5, 0.6) is 5.75 Å². The fraction of sp³-hybridized carbons (Fsp3) is 0.167. The summed E-state index contributed by atoms with van der Waals surface area (Å²) in [5.41, 5.74) is -0.201. The number of phenols is 1. The molecule has 0 aliphatic carbocycles. The predicted octanol–water partition coefficient (Wildman–Crippen LogP) is 0.711. The molecule has 0 fully saturated rings. The van der Waals surface area contributed by atoms with Gasteiger partial charge in [0.05, 0.1) is 12.2 Å². The first-order valence-corrected chi connectivity index (χ1v) is 5.75. The van der Waals surface area contributed by atoms with Gasteiger partial charge in [0.2, 0.25) is 5.91 Å². The van der Waals surface area contributed by atoms with Crippen molar-refractivity contribution in [2.45, 2.75) is 13.0 Å². The van der Waals surface area contributed by atoms with Crippen molar-refractivity contribution >= 4 is 17.6 Å². The average Bonchev–Trinajstić information content (AvgIpc) is 2.91. The van der Waals surface area contributed by atoms with Crippen LogP contribution in [0.25, 0.3) is 0 Å². The molecule has 104 valence electrons. The lowest BCUT2D eigenvalue weighted by Gasteiger charge is -2.09. The number of aromatic hydroxyl groups is 1. The highest BCUT2D eigenvalue weighted by atomic mass is 16.4. The molecule has 8 heteroatoms. The second-order valence-corrected chi connectivity index (χ2v) is 3.96. The molecule has 1 aromatic carbocycles. The highest BCUT2D eigenvalue weighted by Gasteiger charge is 2.14. The summed E-state index contributed by atoms with van der Waals surface area (Å²) in [4.78, 5) is 26.3. The van der Waals surface area contributed by atoms with E-state index in [0.29, 0.717) is 6.54 Å². The molecule has 0 radical (unpaired) electrons. The summed E-state index contributed by atoms with van der Waals surface area (Å²) < 4.78 is 1.49. The van der Waals surface area contributed by atoms with Gasteiger partial charge in [0.15, 0.2) is 5.75 Å². The third kappa shape index (κ3) is 3.10. The number of carbonyl (C=O) groups excluding carboxylic acids is 1. The highest BCUT2D eigenvalue weighted by molar-refractivity contribution is 5.97. The Kier molecular flexibility index (Phi) is 3.94. The number of rotatable bonds is 5. The van der Waals surface area contributed by atoms with E-state index in [4.69, 9.17) is 5.11 Å². The predicted molar refractivity (Wildman–Crippen MR) is 68.3 cm³/mol. The van der Waals surface area contributed by atoms with Crippen molar-refractivity contribution in [3.63, 3.8) is 0 Å². The van der Waals surface area contributed by atoms with E-state index in [1.54, 1.807) is 0 Å². The number of nitrogens with zero attached hydrogens (tertiary/aromatic N) is 3. The third-order valence-corrected chi connectivity index (χ3v) is 2.58. The van der Waals surface area contributed by atoms with E-state index < -0.39 is 11.7 Å². The number of carboxylic acids is 1. The zero-order chi connectivity index (χ0) is 14.5. The summed E-state index contributed by atoms with van der Waals surface area (Å²) in [6.45, 7) is 0.339. The number of amides is 1. The van der Waals surface area contributed by atoms with Crippen molar-refractivity contribution in [1.29, 1.82) is 0 Å². The first-order valence-electron chi connectivity index (χ1n) is 5.75. The first-order chi connectivity index (χ1) is 9.58. The average molecular weight is 276 g/mol. The Balaban J connectivity index is 2.01. The number of carboxylic acid groups (broad SMARTS) is 1. The van der Waals surface area contributed by atoms with Crippen molar-refractivity contribution in [3.05, 3.63) is 36.4 Å². The third-order valence-electron chi connectivity index (χ3n) is 2.58. The molecular weight excluding hydrogens is 264 g/mol. The number of nitrogens with one attached hydrogen (secondary N) is 1. The van der Waals surface area contributed by atoms with Crippen molar-refractivity contribution in [1.82, 2.24) is 14.8 Å². The Morgan fingerprint density at radius 3 is 2.80 bits per heavy atom. The van der Waals surface area contributed by atoms with Crippen LogP contribution in [0.2, 0.25) is 0 Å². The number of para-hydroxylation sites is 1. The van der Waals surface area contributed by atoms with Gasteiger partial charge < -0.3 is 15.5 Å². The Hall–Kier alpha value is -2.90. The Morgan fingerprint density at radius 2 is 2.15 bits per heavy atom. The zero-order valence-electron chi connectivity index (χ0n) is 10.4. The number of anilines is 1. The monoisotopic (exact) mass is 276 g/mol. The quantitative estimate of drug-likeness (QED) is 0.692. The molecule has 0 aliphatic rings. The van der Waals surface area contributed by atoms with Gasteiger partial charge in [0.25, 0.3) is 0 Å². The molecule has 1 aromatic heterocycles. The molecule has 0 saturated heterocycles. The second-order valence-electron chi connectivity index (χ2n) is 3.96. The number of aryl methyl sites for hydroxylation is 1. The van der Waals surface area contributed by atoms with Gasteiger partial charge in [0.1, 0.15) is 18.2 Å². The van der Waals surface area contributed by atoms with Crippen molar-refractivity contribution in [2.24, 2.45) is 0 Å². The van der Waals surface area contributed by atoms with Crippen LogP contribution in [-0.4, -0.2) is 36.9 Å². The van der Waals surface area contributed by atoms with E-state index in [-0.39, 0.29) is 23.6 Å². The maximum atomic E-state index is 11.7. The Morgan fingerprint density at radius 1 is 1.35 bits per heavy atom. The minimum absolute atomic E-state index is 0.0634. The van der Waals surface area contributed by atoms with Gasteiger partial charge in [-0.3, -0.25) is 9.48 Å². The molecule has 20 heavy (non-hydrogen) atoms. The normalized spacial score (nSPS) is 10.2. The number of hydrogen-bond acceptors (Lipinski definition) is 5. The summed E-state index contributed by atoms with van der Waals surface area (Å²) in [6.07, 6.45) is 2.97. The summed E-state index contributed by atoms with van der Waals surface area (Å²) >= 11 is 0. The van der Waals surface area contributed by atoms with Crippen LogP contribution in [0, 0.1) is 0 Å². The van der Waals surface area contributed by atoms with Crippen molar-refractivity contribution in [3.8, 4) is 5.75 Å². The molecule has 0 spiro atoms. The largest absolute Gasteiger partial charge is 0.505 e. The van der Waals surface area contributed by atoms with Crippen LogP contribution < -0.4 is 5.32 Å². The lowest BCUT2D eigenvalue weighted by Crippen LogP contribution is -2.15. The van der Waals surface area contributed by atoms with E-state index >= 15 is 0 Å². The molecule has 1 amide bonds. The summed E-state index contributed by atoms with van der Waals surface area (Å²) in [5, 5.41) is 24.9. The highest BCUT2D eigenvalue weighted by Crippen LogP contribution is 2.27. The number of aromatic carboxylic acids is 1. The smallest absolute Gasteiger partial charge is 0.339 e. The molecule has 0 aliphatic heterocycles. The Bertz CT molecular complexity index is 624. The van der Waals surface area contributed by atoms with Crippen LogP contribution in [0.15, 0.2) is 30.9 Å². The zero-order valence-corrected chi connectivity index (χ0v) is 10.4. The van der Waals surface area contributed by atoms with Crippen molar-refractivity contribution < 1.29 is 19.8 Å². The molecule has 0 unspecified atom stereocenters. The molecule has 8 nitrogen and oxygen atoms in total. The molecule has 3 N–H and O–H groups in total. The minimum atomic E-state index is -1.26. The fourth-order valence-electron chi connectivity index (χ4n) is 1.59. The van der Waals surface area contributed by atoms with Gasteiger partial charge in [-0.25, -0.2) is 9.78 Å². The van der Waals surface area contributed by atoms with E-state index in [2.05, 4.69) is 15.4 Å². The van der Waals surface area contributed by atoms with E-state index in [1.165, 1.54) is 35.5 Å². The summed E-state index contributed by atoms with van der Waals surface area (Å²) in [6, 6.07) is 4.12. The van der Waals surface area contributed by atoms with Gasteiger partial charge in [-0.05, 0) is 12.1 Å². The summed E-state index contributed by atoms with van der Waals surface area (Å²) in [7, 11) is 0. The van der Waals surface area contributed by atoms with Crippen LogP contribution in [0.4, 0.5) is 5.69 Å². The lowest BCUT2D eigenvalue weighted by atomic mass is 10.1. The van der Waals surface area contributed by atoms with Crippen LogP contribution in [0.3, 0.4) is 0 Å². The van der Waals surface area contributed by atoms with E-state index in [1.807, 2.05) is 0 Å². The minimum Gasteiger partial charge on any atom is -0.505 e. The molecule has 2 rings (SSSR count). The SMILES string of the molecule is O=C(CCn1cncn1)Nc1cccc(C(=O)O)c1O. The number of carbonyl (C=O) groups is 2.